The van der Waals surface area contributed by atoms with Crippen molar-refractivity contribution in [1.29, 1.82) is 0 Å². The number of sulfonamides is 1. The number of nitrogens with zero attached hydrogens (tertiary/aromatic N) is 3. The van der Waals surface area contributed by atoms with Gasteiger partial charge in [-0.1, -0.05) is 26.0 Å². The highest BCUT2D eigenvalue weighted by atomic mass is 32.2. The Hall–Kier alpha value is -1.51. The van der Waals surface area contributed by atoms with Gasteiger partial charge in [-0.05, 0) is 37.3 Å². The van der Waals surface area contributed by atoms with Crippen LogP contribution >= 0.6 is 0 Å². The number of piperazine rings is 1. The number of benzene rings is 1. The predicted octanol–water partition coefficient (Wildman–Crippen LogP) is 2.02. The molecule has 28 heavy (non-hydrogen) atoms. The van der Waals surface area contributed by atoms with Crippen molar-refractivity contribution in [3.63, 3.8) is 0 Å². The average Bonchev–Trinajstić information content (AvgIpc) is 2.66. The summed E-state index contributed by atoms with van der Waals surface area (Å²) in [6.45, 7) is 9.23. The van der Waals surface area contributed by atoms with E-state index in [1.807, 2.05) is 16.7 Å². The molecule has 6 nitrogen and oxygen atoms in total. The Balaban J connectivity index is 1.62. The van der Waals surface area contributed by atoms with Crippen molar-refractivity contribution in [3.8, 4) is 0 Å². The Labute approximate surface area is 167 Å². The quantitative estimate of drug-likeness (QED) is 0.761. The van der Waals surface area contributed by atoms with Gasteiger partial charge in [-0.3, -0.25) is 9.69 Å². The highest BCUT2D eigenvalue weighted by Gasteiger charge is 2.35. The van der Waals surface area contributed by atoms with Gasteiger partial charge in [-0.15, -0.1) is 0 Å². The summed E-state index contributed by atoms with van der Waals surface area (Å²) in [5.74, 6) is 0.385. The lowest BCUT2D eigenvalue weighted by Gasteiger charge is -2.41. The van der Waals surface area contributed by atoms with Crippen LogP contribution in [0.25, 0.3) is 0 Å². The molecule has 2 fully saturated rings. The molecule has 0 aromatic heterocycles. The maximum absolute atomic E-state index is 14.0. The van der Waals surface area contributed by atoms with Gasteiger partial charge in [0.05, 0.1) is 6.04 Å². The number of piperidine rings is 1. The van der Waals surface area contributed by atoms with Crippen LogP contribution < -0.4 is 0 Å². The maximum atomic E-state index is 14.0. The first kappa shape index (κ1) is 21.2. The molecule has 3 rings (SSSR count). The van der Waals surface area contributed by atoms with Gasteiger partial charge < -0.3 is 4.90 Å². The van der Waals surface area contributed by atoms with Gasteiger partial charge in [0.15, 0.2) is 0 Å². The van der Waals surface area contributed by atoms with Crippen molar-refractivity contribution < 1.29 is 17.6 Å². The zero-order valence-corrected chi connectivity index (χ0v) is 17.7. The fourth-order valence-electron chi connectivity index (χ4n) is 4.39. The first-order valence-corrected chi connectivity index (χ1v) is 11.4. The fourth-order valence-corrected chi connectivity index (χ4v) is 5.87. The van der Waals surface area contributed by atoms with Crippen LogP contribution in [0.15, 0.2) is 29.2 Å². The molecule has 156 valence electrons. The lowest BCUT2D eigenvalue weighted by molar-refractivity contribution is -0.139. The third-order valence-corrected chi connectivity index (χ3v) is 7.75. The molecule has 0 spiro atoms. The van der Waals surface area contributed by atoms with E-state index in [0.717, 1.165) is 25.6 Å². The number of hydrogen-bond acceptors (Lipinski definition) is 4. The monoisotopic (exact) mass is 411 g/mol. The zero-order chi connectivity index (χ0) is 20.5. The highest BCUT2D eigenvalue weighted by Crippen LogP contribution is 2.24. The van der Waals surface area contributed by atoms with Crippen molar-refractivity contribution in [2.45, 2.75) is 38.1 Å². The van der Waals surface area contributed by atoms with Crippen LogP contribution in [-0.4, -0.2) is 73.7 Å². The molecule has 0 saturated carbocycles. The van der Waals surface area contributed by atoms with Gasteiger partial charge >= 0.3 is 0 Å². The lowest BCUT2D eigenvalue weighted by atomic mass is 9.91. The summed E-state index contributed by atoms with van der Waals surface area (Å²) in [7, 11) is -3.86. The van der Waals surface area contributed by atoms with Gasteiger partial charge in [0.25, 0.3) is 0 Å². The van der Waals surface area contributed by atoms with Crippen LogP contribution in [0.3, 0.4) is 0 Å². The minimum absolute atomic E-state index is 0.115. The normalized spacial score (nSPS) is 26.2. The molecule has 0 unspecified atom stereocenters. The third kappa shape index (κ3) is 4.39. The van der Waals surface area contributed by atoms with Gasteiger partial charge in [-0.2, -0.15) is 4.31 Å². The summed E-state index contributed by atoms with van der Waals surface area (Å²) in [6, 6.07) is 5.16. The largest absolute Gasteiger partial charge is 0.341 e. The van der Waals surface area contributed by atoms with E-state index in [4.69, 9.17) is 0 Å². The van der Waals surface area contributed by atoms with E-state index >= 15 is 0 Å². The molecular weight excluding hydrogens is 381 g/mol. The van der Waals surface area contributed by atoms with Crippen LogP contribution in [0.4, 0.5) is 4.39 Å². The molecule has 0 radical (unpaired) electrons. The first-order valence-electron chi connectivity index (χ1n) is 9.97. The summed E-state index contributed by atoms with van der Waals surface area (Å²) in [5, 5.41) is 0. The summed E-state index contributed by atoms with van der Waals surface area (Å²) < 4.78 is 40.7. The second kappa shape index (κ2) is 8.47. The minimum atomic E-state index is -3.86. The number of amides is 1. The van der Waals surface area contributed by atoms with Crippen molar-refractivity contribution in [3.05, 3.63) is 30.1 Å². The molecule has 0 bridgehead atoms. The maximum Gasteiger partial charge on any atom is 0.246 e. The Morgan fingerprint density at radius 3 is 2.21 bits per heavy atom. The molecule has 0 N–H and O–H groups in total. The average molecular weight is 412 g/mol. The molecule has 2 heterocycles. The van der Waals surface area contributed by atoms with Crippen molar-refractivity contribution in [2.75, 3.05) is 39.3 Å². The first-order chi connectivity index (χ1) is 13.2. The standard InChI is InChI=1S/C20H30FN3O3S/c1-15-12-16(2)14-23(13-15)20(25)17(3)22-8-10-24(11-9-22)28(26,27)19-7-5-4-6-18(19)21/h4-7,15-17H,8-14H2,1-3H3/t15-,16-,17-/m1/s1. The number of rotatable bonds is 4. The zero-order valence-electron chi connectivity index (χ0n) is 16.8. The number of halogens is 1. The second-order valence-electron chi connectivity index (χ2n) is 8.24. The van der Waals surface area contributed by atoms with E-state index in [1.54, 1.807) is 0 Å². The topological polar surface area (TPSA) is 60.9 Å². The number of likely N-dealkylation sites (tertiary alicyclic amines) is 1. The number of carbonyl (C=O) groups excluding carboxylic acids is 1. The van der Waals surface area contributed by atoms with Crippen molar-refractivity contribution in [2.24, 2.45) is 11.8 Å². The van der Waals surface area contributed by atoms with Crippen LogP contribution in [0.1, 0.15) is 27.2 Å². The minimum Gasteiger partial charge on any atom is -0.341 e. The molecule has 1 aromatic rings. The highest BCUT2D eigenvalue weighted by molar-refractivity contribution is 7.89. The van der Waals surface area contributed by atoms with Crippen LogP contribution in [0.2, 0.25) is 0 Å². The molecule has 0 aliphatic carbocycles. The Bertz CT molecular complexity index is 799. The van der Waals surface area contributed by atoms with E-state index in [1.165, 1.54) is 22.5 Å². The molecule has 2 saturated heterocycles. The Kier molecular flexibility index (Phi) is 6.41. The Morgan fingerprint density at radius 2 is 1.64 bits per heavy atom. The predicted molar refractivity (Wildman–Crippen MR) is 106 cm³/mol. The lowest BCUT2D eigenvalue weighted by Crippen LogP contribution is -2.56. The summed E-state index contributed by atoms with van der Waals surface area (Å²) >= 11 is 0. The molecule has 1 amide bonds. The summed E-state index contributed by atoms with van der Waals surface area (Å²) in [5.41, 5.74) is 0. The molecule has 2 aliphatic heterocycles. The summed E-state index contributed by atoms with van der Waals surface area (Å²) in [6.07, 6.45) is 1.14. The van der Waals surface area contributed by atoms with Crippen LogP contribution in [-0.2, 0) is 14.8 Å². The van der Waals surface area contributed by atoms with Gasteiger partial charge in [0, 0.05) is 39.3 Å². The number of carbonyl (C=O) groups is 1. The van der Waals surface area contributed by atoms with Gasteiger partial charge in [-0.25, -0.2) is 12.8 Å². The van der Waals surface area contributed by atoms with E-state index in [2.05, 4.69) is 13.8 Å². The fraction of sp³-hybridized carbons (Fsp3) is 0.650. The number of hydrogen-bond donors (Lipinski definition) is 0. The van der Waals surface area contributed by atoms with Crippen molar-refractivity contribution in [1.82, 2.24) is 14.1 Å². The molecule has 1 aromatic carbocycles. The smallest absolute Gasteiger partial charge is 0.246 e. The molecule has 2 aliphatic rings. The van der Waals surface area contributed by atoms with E-state index in [9.17, 15) is 17.6 Å². The van der Waals surface area contributed by atoms with Crippen LogP contribution in [0, 0.1) is 17.7 Å². The molecular formula is C20H30FN3O3S. The van der Waals surface area contributed by atoms with Crippen molar-refractivity contribution >= 4 is 15.9 Å². The van der Waals surface area contributed by atoms with Crippen LogP contribution in [0.5, 0.6) is 0 Å². The summed E-state index contributed by atoms with van der Waals surface area (Å²) in [4.78, 5) is 16.6. The second-order valence-corrected chi connectivity index (χ2v) is 10.1. The van der Waals surface area contributed by atoms with Gasteiger partial charge in [0.1, 0.15) is 10.7 Å². The Morgan fingerprint density at radius 1 is 1.07 bits per heavy atom. The van der Waals surface area contributed by atoms with E-state index in [-0.39, 0.29) is 29.9 Å². The third-order valence-electron chi connectivity index (χ3n) is 5.81. The van der Waals surface area contributed by atoms with Gasteiger partial charge in [0.2, 0.25) is 15.9 Å². The van der Waals surface area contributed by atoms with E-state index < -0.39 is 15.8 Å². The molecule has 8 heteroatoms. The van der Waals surface area contributed by atoms with E-state index in [0.29, 0.717) is 24.9 Å². The molecule has 3 atom stereocenters. The SMILES string of the molecule is C[C@@H]1C[C@@H](C)CN(C(=O)[C@@H](C)N2CCN(S(=O)(=O)c3ccccc3F)CC2)C1.